The lowest BCUT2D eigenvalue weighted by atomic mass is 9.70. The number of ether oxygens (including phenoxy) is 2. The molecular formula is C32H54O5. The van der Waals surface area contributed by atoms with Crippen molar-refractivity contribution in [1.82, 2.24) is 0 Å². The highest BCUT2D eigenvalue weighted by Crippen LogP contribution is 2.42. The Balaban J connectivity index is 1.22. The summed E-state index contributed by atoms with van der Waals surface area (Å²) in [6.07, 6.45) is 23.1. The highest BCUT2D eigenvalue weighted by Gasteiger charge is 2.34. The van der Waals surface area contributed by atoms with Gasteiger partial charge in [-0.15, -0.1) is 0 Å². The smallest absolute Gasteiger partial charge is 0.313 e. The number of carbonyl (C=O) groups is 3. The van der Waals surface area contributed by atoms with Gasteiger partial charge in [0.25, 0.3) is 0 Å². The predicted octanol–water partition coefficient (Wildman–Crippen LogP) is 7.97. The monoisotopic (exact) mass is 518 g/mol. The zero-order valence-electron chi connectivity index (χ0n) is 23.9. The van der Waals surface area contributed by atoms with Crippen LogP contribution < -0.4 is 0 Å². The lowest BCUT2D eigenvalue weighted by molar-refractivity contribution is -0.157. The first-order chi connectivity index (χ1) is 17.9. The summed E-state index contributed by atoms with van der Waals surface area (Å²) in [7, 11) is 0. The summed E-state index contributed by atoms with van der Waals surface area (Å²) in [6.45, 7) is 4.10. The van der Waals surface area contributed by atoms with Crippen molar-refractivity contribution >= 4 is 17.7 Å². The largest absolute Gasteiger partial charge is 0.465 e. The highest BCUT2D eigenvalue weighted by atomic mass is 16.5. The maximum Gasteiger partial charge on any atom is 0.313 e. The normalized spacial score (nSPS) is 30.4. The quantitative estimate of drug-likeness (QED) is 0.132. The molecule has 0 aromatic carbocycles. The lowest BCUT2D eigenvalue weighted by Crippen LogP contribution is -2.32. The number of carbonyl (C=O) groups excluding carboxylic acids is 3. The summed E-state index contributed by atoms with van der Waals surface area (Å²) in [5.41, 5.74) is 0. The van der Waals surface area contributed by atoms with Crippen LogP contribution in [0.5, 0.6) is 0 Å². The van der Waals surface area contributed by atoms with Crippen molar-refractivity contribution in [2.24, 2.45) is 29.6 Å². The van der Waals surface area contributed by atoms with E-state index >= 15 is 0 Å². The van der Waals surface area contributed by atoms with Crippen LogP contribution in [-0.2, 0) is 23.9 Å². The minimum atomic E-state index is -0.416. The fourth-order valence-electron chi connectivity index (χ4n) is 7.23. The van der Waals surface area contributed by atoms with Crippen LogP contribution in [0.4, 0.5) is 0 Å². The summed E-state index contributed by atoms with van der Waals surface area (Å²) in [5, 5.41) is 0. The maximum atomic E-state index is 12.8. The Morgan fingerprint density at radius 2 is 1.22 bits per heavy atom. The molecule has 3 saturated carbocycles. The van der Waals surface area contributed by atoms with Crippen LogP contribution in [0.15, 0.2) is 0 Å². The van der Waals surface area contributed by atoms with Crippen molar-refractivity contribution in [2.45, 2.75) is 148 Å². The second-order valence-electron chi connectivity index (χ2n) is 12.6. The van der Waals surface area contributed by atoms with E-state index in [9.17, 15) is 14.4 Å². The Morgan fingerprint density at radius 1 is 0.676 bits per heavy atom. The van der Waals surface area contributed by atoms with Gasteiger partial charge in [0.2, 0.25) is 0 Å². The van der Waals surface area contributed by atoms with Crippen LogP contribution in [0.2, 0.25) is 0 Å². The third kappa shape index (κ3) is 11.1. The minimum absolute atomic E-state index is 0.0619. The summed E-state index contributed by atoms with van der Waals surface area (Å²) in [6, 6.07) is 0. The molecule has 0 aromatic rings. The van der Waals surface area contributed by atoms with Crippen LogP contribution in [-0.4, -0.2) is 30.4 Å². The Labute approximate surface area is 226 Å². The van der Waals surface area contributed by atoms with Crippen LogP contribution in [0.1, 0.15) is 142 Å². The van der Waals surface area contributed by atoms with Gasteiger partial charge < -0.3 is 9.47 Å². The lowest BCUT2D eigenvalue weighted by Gasteiger charge is -2.38. The molecule has 3 fully saturated rings. The molecule has 0 unspecified atom stereocenters. The van der Waals surface area contributed by atoms with Gasteiger partial charge in [0.05, 0.1) is 12.5 Å². The Hall–Kier alpha value is -1.39. The minimum Gasteiger partial charge on any atom is -0.465 e. The SMILES string of the molecule is CCCCCC1CCC(C2CCC(OC(=O)C3CCC(CCCCOC(=O)CC(C)=O)CC3)CC2)CC1. The van der Waals surface area contributed by atoms with Crippen molar-refractivity contribution in [2.75, 3.05) is 6.61 Å². The molecule has 37 heavy (non-hydrogen) atoms. The molecule has 0 heterocycles. The first-order valence-electron chi connectivity index (χ1n) is 15.8. The average Bonchev–Trinajstić information content (AvgIpc) is 2.89. The van der Waals surface area contributed by atoms with E-state index in [-0.39, 0.29) is 30.2 Å². The maximum absolute atomic E-state index is 12.8. The number of esters is 2. The zero-order valence-corrected chi connectivity index (χ0v) is 23.9. The standard InChI is InChI=1S/C32H54O5/c1-3-4-5-8-25-10-14-27(15-11-25)28-18-20-30(21-19-28)37-32(35)29-16-12-26(13-17-29)9-6-7-22-36-31(34)23-24(2)33/h25-30H,3-23H2,1-2H3. The first-order valence-corrected chi connectivity index (χ1v) is 15.8. The van der Waals surface area contributed by atoms with Gasteiger partial charge in [-0.2, -0.15) is 0 Å². The molecule has 0 atom stereocenters. The number of hydrogen-bond acceptors (Lipinski definition) is 5. The van der Waals surface area contributed by atoms with Gasteiger partial charge >= 0.3 is 11.9 Å². The fraction of sp³-hybridized carbons (Fsp3) is 0.906. The summed E-state index contributed by atoms with van der Waals surface area (Å²) in [5.74, 6) is 3.00. The van der Waals surface area contributed by atoms with E-state index in [1.54, 1.807) is 0 Å². The molecule has 0 amide bonds. The Bertz CT molecular complexity index is 679. The van der Waals surface area contributed by atoms with E-state index in [1.165, 1.54) is 71.1 Å². The number of unbranched alkanes of at least 4 members (excludes halogenated alkanes) is 3. The molecule has 5 nitrogen and oxygen atoms in total. The summed E-state index contributed by atoms with van der Waals surface area (Å²) in [4.78, 5) is 35.2. The van der Waals surface area contributed by atoms with Crippen molar-refractivity contribution < 1.29 is 23.9 Å². The van der Waals surface area contributed by atoms with Crippen molar-refractivity contribution in [3.63, 3.8) is 0 Å². The molecule has 3 rings (SSSR count). The van der Waals surface area contributed by atoms with Gasteiger partial charge in [0, 0.05) is 0 Å². The number of hydrogen-bond donors (Lipinski definition) is 0. The van der Waals surface area contributed by atoms with Crippen LogP contribution >= 0.6 is 0 Å². The molecular weight excluding hydrogens is 464 g/mol. The average molecular weight is 519 g/mol. The molecule has 0 N–H and O–H groups in total. The van der Waals surface area contributed by atoms with Crippen molar-refractivity contribution in [1.29, 1.82) is 0 Å². The van der Waals surface area contributed by atoms with Gasteiger partial charge in [-0.1, -0.05) is 51.9 Å². The molecule has 0 aromatic heterocycles. The van der Waals surface area contributed by atoms with E-state index < -0.39 is 5.97 Å². The third-order valence-electron chi connectivity index (χ3n) is 9.62. The third-order valence-corrected chi connectivity index (χ3v) is 9.62. The van der Waals surface area contributed by atoms with Gasteiger partial charge in [-0.05, 0) is 108 Å². The van der Waals surface area contributed by atoms with E-state index in [2.05, 4.69) is 6.92 Å². The van der Waals surface area contributed by atoms with E-state index in [1.807, 2.05) is 0 Å². The van der Waals surface area contributed by atoms with Crippen molar-refractivity contribution in [3.8, 4) is 0 Å². The van der Waals surface area contributed by atoms with E-state index in [4.69, 9.17) is 9.47 Å². The highest BCUT2D eigenvalue weighted by molar-refractivity contribution is 5.94. The molecule has 5 heteroatoms. The summed E-state index contributed by atoms with van der Waals surface area (Å²) >= 11 is 0. The zero-order chi connectivity index (χ0) is 26.5. The van der Waals surface area contributed by atoms with E-state index in [0.29, 0.717) is 12.5 Å². The van der Waals surface area contributed by atoms with E-state index in [0.717, 1.165) is 75.5 Å². The second-order valence-corrected chi connectivity index (χ2v) is 12.6. The van der Waals surface area contributed by atoms with Gasteiger partial charge in [-0.3, -0.25) is 14.4 Å². The molecule has 3 aliphatic carbocycles. The number of Topliss-reactive ketones (excluding diaryl/α,β-unsaturated/α-hetero) is 1. The summed E-state index contributed by atoms with van der Waals surface area (Å²) < 4.78 is 11.1. The number of rotatable bonds is 14. The number of ketones is 1. The Kier molecular flexibility index (Phi) is 13.5. The van der Waals surface area contributed by atoms with Gasteiger partial charge in [0.1, 0.15) is 18.3 Å². The molecule has 212 valence electrons. The van der Waals surface area contributed by atoms with Crippen LogP contribution in [0, 0.1) is 29.6 Å². The predicted molar refractivity (Wildman–Crippen MR) is 147 cm³/mol. The van der Waals surface area contributed by atoms with Crippen molar-refractivity contribution in [3.05, 3.63) is 0 Å². The molecule has 0 spiro atoms. The molecule has 0 saturated heterocycles. The van der Waals surface area contributed by atoms with Crippen LogP contribution in [0.3, 0.4) is 0 Å². The topological polar surface area (TPSA) is 69.7 Å². The van der Waals surface area contributed by atoms with Gasteiger partial charge in [0.15, 0.2) is 0 Å². The van der Waals surface area contributed by atoms with Crippen LogP contribution in [0.25, 0.3) is 0 Å². The fourth-order valence-corrected chi connectivity index (χ4v) is 7.23. The molecule has 0 radical (unpaired) electrons. The van der Waals surface area contributed by atoms with Gasteiger partial charge in [-0.25, -0.2) is 0 Å². The second kappa shape index (κ2) is 16.5. The first kappa shape index (κ1) is 30.2. The molecule has 3 aliphatic rings. The Morgan fingerprint density at radius 3 is 1.78 bits per heavy atom. The molecule has 0 bridgehead atoms. The molecule has 0 aliphatic heterocycles.